The minimum atomic E-state index is -0.616. The second kappa shape index (κ2) is 2.57. The third kappa shape index (κ3) is 0.759. The molecule has 0 heterocycles. The van der Waals surface area contributed by atoms with Crippen molar-refractivity contribution in [2.45, 2.75) is 25.0 Å². The molecule has 3 unspecified atom stereocenters. The minimum absolute atomic E-state index is 0.0437. The van der Waals surface area contributed by atoms with Crippen LogP contribution in [0.15, 0.2) is 0 Å². The summed E-state index contributed by atoms with van der Waals surface area (Å²) in [5.74, 6) is -0.608. The first-order chi connectivity index (χ1) is 7.61. The fourth-order valence-corrected chi connectivity index (χ4v) is 5.02. The van der Waals surface area contributed by atoms with Crippen LogP contribution in [0, 0.1) is 35.5 Å². The van der Waals surface area contributed by atoms with Crippen LogP contribution in [-0.2, 0) is 9.59 Å². The standard InChI is InChI=1S/C12H14O4/c13-5-1-3-7-8-4(12(16)9(5)7)2-6(14)10(8)11(3)15/h3-10,13-14H,1-2H2/t3-,4-,5?,6?,7+,8?,9+,10+/m1/s1. The summed E-state index contributed by atoms with van der Waals surface area (Å²) < 4.78 is 0. The van der Waals surface area contributed by atoms with Gasteiger partial charge >= 0.3 is 0 Å². The van der Waals surface area contributed by atoms with Gasteiger partial charge in [0.25, 0.3) is 0 Å². The van der Waals surface area contributed by atoms with Crippen molar-refractivity contribution in [3.63, 3.8) is 0 Å². The number of hydrogen-bond acceptors (Lipinski definition) is 4. The Bertz CT molecular complexity index is 366. The zero-order chi connectivity index (χ0) is 11.2. The van der Waals surface area contributed by atoms with Crippen LogP contribution in [0.25, 0.3) is 0 Å². The Morgan fingerprint density at radius 1 is 0.812 bits per heavy atom. The number of aliphatic hydroxyl groups excluding tert-OH is 2. The van der Waals surface area contributed by atoms with Crippen LogP contribution in [0.5, 0.6) is 0 Å². The number of ketones is 2. The molecule has 4 aliphatic carbocycles. The third-order valence-corrected chi connectivity index (χ3v) is 5.41. The van der Waals surface area contributed by atoms with Gasteiger partial charge in [0.1, 0.15) is 11.6 Å². The summed E-state index contributed by atoms with van der Waals surface area (Å²) in [6, 6.07) is 0. The van der Waals surface area contributed by atoms with Gasteiger partial charge in [-0.3, -0.25) is 9.59 Å². The van der Waals surface area contributed by atoms with Gasteiger partial charge in [-0.15, -0.1) is 0 Å². The summed E-state index contributed by atoms with van der Waals surface area (Å²) in [6.07, 6.45) is -0.358. The monoisotopic (exact) mass is 222 g/mol. The molecule has 0 saturated heterocycles. The quantitative estimate of drug-likeness (QED) is 0.572. The molecule has 0 radical (unpaired) electrons. The molecule has 16 heavy (non-hydrogen) atoms. The summed E-state index contributed by atoms with van der Waals surface area (Å²) in [4.78, 5) is 24.2. The van der Waals surface area contributed by atoms with Crippen molar-refractivity contribution in [2.24, 2.45) is 35.5 Å². The predicted octanol–water partition coefficient (Wildman–Crippen LogP) is -0.622. The molecule has 0 aromatic carbocycles. The van der Waals surface area contributed by atoms with Crippen LogP contribution in [0.2, 0.25) is 0 Å². The fourth-order valence-electron chi connectivity index (χ4n) is 5.02. The lowest BCUT2D eigenvalue weighted by Gasteiger charge is -2.16. The molecule has 4 rings (SSSR count). The lowest BCUT2D eigenvalue weighted by molar-refractivity contribution is -0.127. The number of Topliss-reactive ketones (excluding diaryl/α,β-unsaturated/α-hetero) is 2. The maximum atomic E-state index is 12.1. The molecule has 8 atom stereocenters. The maximum Gasteiger partial charge on any atom is 0.142 e. The first-order valence-electron chi connectivity index (χ1n) is 6.05. The fraction of sp³-hybridized carbons (Fsp3) is 0.833. The number of rotatable bonds is 0. The normalized spacial score (nSPS) is 62.1. The van der Waals surface area contributed by atoms with E-state index in [0.717, 1.165) is 0 Å². The van der Waals surface area contributed by atoms with Gasteiger partial charge in [0, 0.05) is 23.7 Å². The summed E-state index contributed by atoms with van der Waals surface area (Å²) in [5, 5.41) is 19.7. The smallest absolute Gasteiger partial charge is 0.142 e. The van der Waals surface area contributed by atoms with Gasteiger partial charge in [0.2, 0.25) is 0 Å². The molecule has 86 valence electrons. The zero-order valence-electron chi connectivity index (χ0n) is 8.74. The summed E-state index contributed by atoms with van der Waals surface area (Å²) in [6.45, 7) is 0. The van der Waals surface area contributed by atoms with Crippen molar-refractivity contribution < 1.29 is 19.8 Å². The minimum Gasteiger partial charge on any atom is -0.392 e. The van der Waals surface area contributed by atoms with E-state index in [1.165, 1.54) is 0 Å². The van der Waals surface area contributed by atoms with Crippen molar-refractivity contribution >= 4 is 11.6 Å². The Labute approximate surface area is 92.6 Å². The molecular formula is C12H14O4. The van der Waals surface area contributed by atoms with Gasteiger partial charge < -0.3 is 10.2 Å². The first kappa shape index (κ1) is 9.31. The highest BCUT2D eigenvalue weighted by molar-refractivity contribution is 5.97. The van der Waals surface area contributed by atoms with Gasteiger partial charge in [0.15, 0.2) is 0 Å². The average molecular weight is 222 g/mol. The zero-order valence-corrected chi connectivity index (χ0v) is 8.74. The van der Waals surface area contributed by atoms with Crippen molar-refractivity contribution in [1.82, 2.24) is 0 Å². The molecule has 0 aliphatic heterocycles. The molecule has 4 heteroatoms. The molecule has 0 spiro atoms. The van der Waals surface area contributed by atoms with Crippen LogP contribution < -0.4 is 0 Å². The highest BCUT2D eigenvalue weighted by atomic mass is 16.3. The third-order valence-electron chi connectivity index (χ3n) is 5.41. The highest BCUT2D eigenvalue weighted by Crippen LogP contribution is 2.64. The Kier molecular flexibility index (Phi) is 1.49. The van der Waals surface area contributed by atoms with Crippen LogP contribution in [-0.4, -0.2) is 34.0 Å². The molecule has 2 N–H and O–H groups in total. The molecule has 4 aliphatic rings. The Morgan fingerprint density at radius 3 is 1.56 bits per heavy atom. The number of carbonyl (C=O) groups excluding carboxylic acids is 2. The van der Waals surface area contributed by atoms with E-state index in [-0.39, 0.29) is 47.1 Å². The van der Waals surface area contributed by atoms with Crippen LogP contribution in [0.4, 0.5) is 0 Å². The lowest BCUT2D eigenvalue weighted by Crippen LogP contribution is -2.27. The maximum absolute atomic E-state index is 12.1. The molecular weight excluding hydrogens is 208 g/mol. The second-order valence-corrected chi connectivity index (χ2v) is 5.83. The van der Waals surface area contributed by atoms with E-state index in [4.69, 9.17) is 0 Å². The SMILES string of the molecule is O=C1[C@H]2C(O)C[C@H]3C(=O)[C@H]4C(O)C[C@@H]1[C@H]4C23. The van der Waals surface area contributed by atoms with Crippen molar-refractivity contribution in [1.29, 1.82) is 0 Å². The van der Waals surface area contributed by atoms with Gasteiger partial charge in [-0.2, -0.15) is 0 Å². The van der Waals surface area contributed by atoms with Crippen LogP contribution >= 0.6 is 0 Å². The molecule has 0 amide bonds. The Morgan fingerprint density at radius 2 is 1.19 bits per heavy atom. The van der Waals surface area contributed by atoms with E-state index < -0.39 is 12.2 Å². The summed E-state index contributed by atoms with van der Waals surface area (Å²) >= 11 is 0. The first-order valence-corrected chi connectivity index (χ1v) is 6.05. The lowest BCUT2D eigenvalue weighted by atomic mass is 9.89. The van der Waals surface area contributed by atoms with Gasteiger partial charge in [-0.05, 0) is 24.7 Å². The van der Waals surface area contributed by atoms with Crippen molar-refractivity contribution in [3.05, 3.63) is 0 Å². The van der Waals surface area contributed by atoms with Crippen molar-refractivity contribution in [3.8, 4) is 0 Å². The van der Waals surface area contributed by atoms with E-state index in [0.29, 0.717) is 12.8 Å². The number of carbonyl (C=O) groups is 2. The average Bonchev–Trinajstić information content (AvgIpc) is 2.86. The Hall–Kier alpha value is -0.740. The highest BCUT2D eigenvalue weighted by Gasteiger charge is 2.71. The molecule has 4 saturated carbocycles. The summed E-state index contributed by atoms with van der Waals surface area (Å²) in [5.41, 5.74) is 0. The van der Waals surface area contributed by atoms with E-state index >= 15 is 0 Å². The van der Waals surface area contributed by atoms with Crippen LogP contribution in [0.1, 0.15) is 12.8 Å². The summed E-state index contributed by atoms with van der Waals surface area (Å²) in [7, 11) is 0. The molecule has 0 bridgehead atoms. The second-order valence-electron chi connectivity index (χ2n) is 5.83. The van der Waals surface area contributed by atoms with Gasteiger partial charge in [-0.25, -0.2) is 0 Å². The number of aliphatic hydroxyl groups is 2. The van der Waals surface area contributed by atoms with E-state index in [9.17, 15) is 19.8 Å². The van der Waals surface area contributed by atoms with E-state index in [1.54, 1.807) is 0 Å². The molecule has 0 aromatic heterocycles. The van der Waals surface area contributed by atoms with E-state index in [1.807, 2.05) is 0 Å². The van der Waals surface area contributed by atoms with Gasteiger partial charge in [-0.1, -0.05) is 0 Å². The van der Waals surface area contributed by atoms with Crippen LogP contribution in [0.3, 0.4) is 0 Å². The topological polar surface area (TPSA) is 74.6 Å². The van der Waals surface area contributed by atoms with E-state index in [2.05, 4.69) is 0 Å². The molecule has 0 aromatic rings. The molecule has 4 nitrogen and oxygen atoms in total. The largest absolute Gasteiger partial charge is 0.392 e. The van der Waals surface area contributed by atoms with Gasteiger partial charge in [0.05, 0.1) is 12.2 Å². The number of hydrogen-bond donors (Lipinski definition) is 2. The Balaban J connectivity index is 1.87. The van der Waals surface area contributed by atoms with Crippen molar-refractivity contribution in [2.75, 3.05) is 0 Å². The molecule has 4 fully saturated rings. The predicted molar refractivity (Wildman–Crippen MR) is 52.2 cm³/mol.